The van der Waals surface area contributed by atoms with Gasteiger partial charge < -0.3 is 26.4 Å². The van der Waals surface area contributed by atoms with Crippen molar-refractivity contribution >= 4 is 35.0 Å². The van der Waals surface area contributed by atoms with E-state index in [1.54, 1.807) is 54.6 Å². The Morgan fingerprint density at radius 2 is 1.60 bits per heavy atom. The molecule has 0 radical (unpaired) electrons. The number of ether oxygens (including phenoxy) is 1. The Morgan fingerprint density at radius 1 is 0.953 bits per heavy atom. The van der Waals surface area contributed by atoms with E-state index >= 15 is 0 Å². The topological polar surface area (TPSA) is 105 Å². The molecule has 0 aromatic heterocycles. The van der Waals surface area contributed by atoms with Crippen molar-refractivity contribution in [3.05, 3.63) is 95.6 Å². The second-order valence-electron chi connectivity index (χ2n) is 10.9. The molecule has 43 heavy (non-hydrogen) atoms. The van der Waals surface area contributed by atoms with Crippen molar-refractivity contribution in [1.82, 2.24) is 5.32 Å². The average molecular weight is 595 g/mol. The Hall–Kier alpha value is -4.15. The van der Waals surface area contributed by atoms with Gasteiger partial charge in [-0.25, -0.2) is 0 Å². The molecular formula is C33H37F3N4O3. The average Bonchev–Trinajstić information content (AvgIpc) is 2.95. The maximum atomic E-state index is 13.4. The number of benzene rings is 3. The van der Waals surface area contributed by atoms with Crippen LogP contribution in [0.1, 0.15) is 55.8 Å². The Labute approximate surface area is 249 Å². The van der Waals surface area contributed by atoms with E-state index in [0.717, 1.165) is 37.0 Å². The van der Waals surface area contributed by atoms with Crippen LogP contribution in [-0.2, 0) is 20.5 Å². The fourth-order valence-electron chi connectivity index (χ4n) is 5.29. The first kappa shape index (κ1) is 31.8. The number of hydrogen-bond donors (Lipinski definition) is 4. The highest BCUT2D eigenvalue weighted by Crippen LogP contribution is 2.30. The molecule has 1 fully saturated rings. The summed E-state index contributed by atoms with van der Waals surface area (Å²) in [5.41, 5.74) is 7.76. The van der Waals surface area contributed by atoms with Gasteiger partial charge in [-0.2, -0.15) is 13.2 Å². The number of carbonyl (C=O) groups excluding carboxylic acids is 2. The van der Waals surface area contributed by atoms with Crippen LogP contribution in [0.3, 0.4) is 0 Å². The summed E-state index contributed by atoms with van der Waals surface area (Å²) in [6.07, 6.45) is 1.68. The van der Waals surface area contributed by atoms with Crippen molar-refractivity contribution in [2.75, 3.05) is 22.9 Å². The summed E-state index contributed by atoms with van der Waals surface area (Å²) in [5.74, 6) is -0.277. The molecule has 228 valence electrons. The number of nitrogens with two attached hydrogens (primary N) is 1. The maximum absolute atomic E-state index is 13.4. The molecule has 1 aliphatic heterocycles. The third-order valence-corrected chi connectivity index (χ3v) is 7.35. The largest absolute Gasteiger partial charge is 0.416 e. The molecule has 4 rings (SSSR count). The molecule has 3 aromatic carbocycles. The van der Waals surface area contributed by atoms with Crippen LogP contribution >= 0.6 is 0 Å². The second-order valence-corrected chi connectivity index (χ2v) is 10.9. The smallest absolute Gasteiger partial charge is 0.397 e. The van der Waals surface area contributed by atoms with Gasteiger partial charge in [0.15, 0.2) is 0 Å². The molecule has 10 heteroatoms. The molecular weight excluding hydrogens is 557 g/mol. The molecule has 1 saturated heterocycles. The monoisotopic (exact) mass is 594 g/mol. The van der Waals surface area contributed by atoms with E-state index < -0.39 is 23.7 Å². The molecule has 0 aliphatic carbocycles. The lowest BCUT2D eigenvalue weighted by Crippen LogP contribution is -2.36. The fourth-order valence-corrected chi connectivity index (χ4v) is 5.29. The van der Waals surface area contributed by atoms with E-state index in [2.05, 4.69) is 29.8 Å². The van der Waals surface area contributed by atoms with Crippen LogP contribution in [0.4, 0.5) is 30.2 Å². The molecule has 0 saturated carbocycles. The number of alkyl halides is 3. The molecule has 0 bridgehead atoms. The van der Waals surface area contributed by atoms with E-state index in [1.807, 2.05) is 0 Å². The Bertz CT molecular complexity index is 1400. The number of nitrogen functional groups attached to an aromatic ring is 1. The van der Waals surface area contributed by atoms with Crippen LogP contribution < -0.4 is 21.7 Å². The predicted octanol–water partition coefficient (Wildman–Crippen LogP) is 6.80. The summed E-state index contributed by atoms with van der Waals surface area (Å²) in [4.78, 5) is 25.7. The lowest BCUT2D eigenvalue weighted by molar-refractivity contribution is -0.137. The van der Waals surface area contributed by atoms with E-state index in [4.69, 9.17) is 10.5 Å². The van der Waals surface area contributed by atoms with Crippen LogP contribution in [0.2, 0.25) is 0 Å². The zero-order chi connectivity index (χ0) is 31.0. The normalized spacial score (nSPS) is 19.6. The Morgan fingerprint density at radius 3 is 2.23 bits per heavy atom. The van der Waals surface area contributed by atoms with Gasteiger partial charge in [0.2, 0.25) is 11.8 Å². The van der Waals surface area contributed by atoms with Gasteiger partial charge in [-0.1, -0.05) is 36.4 Å². The van der Waals surface area contributed by atoms with Crippen molar-refractivity contribution in [2.45, 2.75) is 57.5 Å². The number of hydrogen-bond acceptors (Lipinski definition) is 5. The van der Waals surface area contributed by atoms with Crippen LogP contribution in [-0.4, -0.2) is 30.6 Å². The van der Waals surface area contributed by atoms with E-state index in [9.17, 15) is 22.8 Å². The van der Waals surface area contributed by atoms with Crippen molar-refractivity contribution in [3.8, 4) is 0 Å². The molecule has 3 atom stereocenters. The molecule has 1 heterocycles. The van der Waals surface area contributed by atoms with Crippen LogP contribution in [0, 0.1) is 5.92 Å². The molecule has 2 amide bonds. The first-order valence-corrected chi connectivity index (χ1v) is 14.3. The highest BCUT2D eigenvalue weighted by Gasteiger charge is 2.30. The van der Waals surface area contributed by atoms with E-state index in [-0.39, 0.29) is 23.8 Å². The molecule has 5 N–H and O–H groups in total. The number of anilines is 3. The van der Waals surface area contributed by atoms with Gasteiger partial charge >= 0.3 is 6.18 Å². The number of carbonyl (C=O) groups is 2. The quantitative estimate of drug-likeness (QED) is 0.153. The first-order valence-electron chi connectivity index (χ1n) is 14.3. The predicted molar refractivity (Wildman–Crippen MR) is 163 cm³/mol. The van der Waals surface area contributed by atoms with Crippen molar-refractivity contribution in [3.63, 3.8) is 0 Å². The Kier molecular flexibility index (Phi) is 10.6. The summed E-state index contributed by atoms with van der Waals surface area (Å²) in [5, 5.41) is 8.81. The van der Waals surface area contributed by atoms with Gasteiger partial charge in [-0.05, 0) is 99.2 Å². The Balaban J connectivity index is 1.44. The van der Waals surface area contributed by atoms with Gasteiger partial charge in [0.05, 0.1) is 29.1 Å². The fraction of sp³-hybridized carbons (Fsp3) is 0.333. The van der Waals surface area contributed by atoms with Gasteiger partial charge in [0, 0.05) is 11.8 Å². The lowest BCUT2D eigenvalue weighted by atomic mass is 9.89. The minimum absolute atomic E-state index is 0.181. The third kappa shape index (κ3) is 9.42. The first-order chi connectivity index (χ1) is 20.5. The summed E-state index contributed by atoms with van der Waals surface area (Å²) >= 11 is 0. The van der Waals surface area contributed by atoms with Gasteiger partial charge in [-0.3, -0.25) is 9.59 Å². The van der Waals surface area contributed by atoms with Crippen molar-refractivity contribution in [1.29, 1.82) is 0 Å². The van der Waals surface area contributed by atoms with Crippen LogP contribution in [0.5, 0.6) is 0 Å². The SMILES string of the molecule is CC1CC(CCNC(C(=O)Nc2ccc(C(F)(F)F)cc2)c2ccc(/C=C/C(=O)Nc3ccccc3N)cc2)CC(C)O1. The minimum atomic E-state index is -4.46. The number of halogens is 3. The molecule has 3 aromatic rings. The minimum Gasteiger partial charge on any atom is -0.397 e. The summed E-state index contributed by atoms with van der Waals surface area (Å²) < 4.78 is 44.8. The molecule has 7 nitrogen and oxygen atoms in total. The zero-order valence-electron chi connectivity index (χ0n) is 24.2. The number of para-hydroxylation sites is 2. The van der Waals surface area contributed by atoms with Crippen molar-refractivity contribution < 1.29 is 27.5 Å². The number of nitrogens with one attached hydrogen (secondary N) is 3. The zero-order valence-corrected chi connectivity index (χ0v) is 24.2. The van der Waals surface area contributed by atoms with Crippen LogP contribution in [0.25, 0.3) is 6.08 Å². The van der Waals surface area contributed by atoms with Crippen molar-refractivity contribution in [2.24, 2.45) is 5.92 Å². The van der Waals surface area contributed by atoms with Crippen LogP contribution in [0.15, 0.2) is 78.9 Å². The number of rotatable bonds is 10. The lowest BCUT2D eigenvalue weighted by Gasteiger charge is -2.32. The van der Waals surface area contributed by atoms with E-state index in [0.29, 0.717) is 29.4 Å². The highest BCUT2D eigenvalue weighted by molar-refractivity contribution is 6.03. The molecule has 3 unspecified atom stereocenters. The van der Waals surface area contributed by atoms with Gasteiger partial charge in [-0.15, -0.1) is 0 Å². The summed E-state index contributed by atoms with van der Waals surface area (Å²) in [7, 11) is 0. The molecule has 0 spiro atoms. The third-order valence-electron chi connectivity index (χ3n) is 7.35. The number of amides is 2. The second kappa shape index (κ2) is 14.3. The summed E-state index contributed by atoms with van der Waals surface area (Å²) in [6.45, 7) is 4.69. The van der Waals surface area contributed by atoms with Gasteiger partial charge in [0.25, 0.3) is 0 Å². The molecule has 1 aliphatic rings. The summed E-state index contributed by atoms with van der Waals surface area (Å²) in [6, 6.07) is 17.7. The highest BCUT2D eigenvalue weighted by atomic mass is 19.4. The maximum Gasteiger partial charge on any atom is 0.416 e. The van der Waals surface area contributed by atoms with E-state index in [1.165, 1.54) is 18.2 Å². The standard InChI is InChI=1S/C33H37F3N4O3/c1-21-19-24(20-22(2)43-21)17-18-38-31(32(42)39-27-14-12-26(13-15-27)33(34,35)36)25-10-7-23(8-11-25)9-16-30(41)40-29-6-4-3-5-28(29)37/h3-16,21-22,24,31,38H,17-20,37H2,1-2H3,(H,39,42)(H,40,41)/b16-9+. The van der Waals surface area contributed by atoms with Gasteiger partial charge in [0.1, 0.15) is 6.04 Å².